The highest BCUT2D eigenvalue weighted by atomic mass is 32.2. The molecule has 0 bridgehead atoms. The standard InChI is InChI=1S/C12H16N2OS/c1-9-3-2-4-10-12(9)14(7-8-16-10)11(15)5-6-13/h2-4H,5-8,13H2,1H3. The van der Waals surface area contributed by atoms with Crippen LogP contribution >= 0.6 is 11.8 Å². The Morgan fingerprint density at radius 3 is 3.12 bits per heavy atom. The smallest absolute Gasteiger partial charge is 0.228 e. The van der Waals surface area contributed by atoms with Crippen molar-refractivity contribution >= 4 is 23.4 Å². The first kappa shape index (κ1) is 11.5. The summed E-state index contributed by atoms with van der Waals surface area (Å²) in [7, 11) is 0. The number of nitrogens with two attached hydrogens (primary N) is 1. The molecule has 2 N–H and O–H groups in total. The average molecular weight is 236 g/mol. The zero-order valence-corrected chi connectivity index (χ0v) is 10.2. The van der Waals surface area contributed by atoms with Gasteiger partial charge in [0.2, 0.25) is 5.91 Å². The molecule has 0 radical (unpaired) electrons. The molecule has 1 amide bonds. The molecule has 0 spiro atoms. The lowest BCUT2D eigenvalue weighted by Crippen LogP contribution is -2.36. The Bertz CT molecular complexity index is 406. The van der Waals surface area contributed by atoms with Gasteiger partial charge in [-0.3, -0.25) is 4.79 Å². The van der Waals surface area contributed by atoms with E-state index in [1.807, 2.05) is 35.7 Å². The molecule has 0 saturated carbocycles. The number of thioether (sulfide) groups is 1. The molecule has 0 saturated heterocycles. The maximum absolute atomic E-state index is 11.9. The molecule has 1 aliphatic rings. The van der Waals surface area contributed by atoms with Crippen molar-refractivity contribution in [2.24, 2.45) is 5.73 Å². The molecule has 3 nitrogen and oxygen atoms in total. The van der Waals surface area contributed by atoms with Crippen LogP contribution < -0.4 is 10.6 Å². The molecule has 4 heteroatoms. The second kappa shape index (κ2) is 4.89. The molecule has 86 valence electrons. The normalized spacial score (nSPS) is 14.8. The highest BCUT2D eigenvalue weighted by molar-refractivity contribution is 7.99. The lowest BCUT2D eigenvalue weighted by molar-refractivity contribution is -0.118. The first-order chi connectivity index (χ1) is 7.74. The summed E-state index contributed by atoms with van der Waals surface area (Å²) in [5.41, 5.74) is 7.68. The van der Waals surface area contributed by atoms with Crippen LogP contribution in [0.5, 0.6) is 0 Å². The van der Waals surface area contributed by atoms with Gasteiger partial charge in [0.25, 0.3) is 0 Å². The maximum atomic E-state index is 11.9. The number of amides is 1. The van der Waals surface area contributed by atoms with Crippen molar-refractivity contribution in [1.29, 1.82) is 0 Å². The molecule has 0 fully saturated rings. The van der Waals surface area contributed by atoms with Crippen LogP contribution in [-0.4, -0.2) is 24.7 Å². The lowest BCUT2D eigenvalue weighted by Gasteiger charge is -2.30. The van der Waals surface area contributed by atoms with Gasteiger partial charge in [-0.1, -0.05) is 12.1 Å². The number of anilines is 1. The number of para-hydroxylation sites is 1. The molecule has 2 rings (SSSR count). The molecular weight excluding hydrogens is 220 g/mol. The van der Waals surface area contributed by atoms with Crippen molar-refractivity contribution in [2.75, 3.05) is 23.7 Å². The van der Waals surface area contributed by atoms with Crippen molar-refractivity contribution in [3.8, 4) is 0 Å². The van der Waals surface area contributed by atoms with Crippen molar-refractivity contribution in [3.05, 3.63) is 23.8 Å². The number of aryl methyl sites for hydroxylation is 1. The molecule has 0 aromatic heterocycles. The predicted octanol–water partition coefficient (Wildman–Crippen LogP) is 1.78. The Balaban J connectivity index is 2.35. The van der Waals surface area contributed by atoms with Gasteiger partial charge in [-0.25, -0.2) is 0 Å². The van der Waals surface area contributed by atoms with E-state index in [2.05, 4.69) is 6.07 Å². The van der Waals surface area contributed by atoms with Gasteiger partial charge in [0.1, 0.15) is 0 Å². The fraction of sp³-hybridized carbons (Fsp3) is 0.417. The topological polar surface area (TPSA) is 46.3 Å². The number of hydrogen-bond acceptors (Lipinski definition) is 3. The van der Waals surface area contributed by atoms with E-state index in [1.165, 1.54) is 4.90 Å². The number of hydrogen-bond donors (Lipinski definition) is 1. The second-order valence-electron chi connectivity index (χ2n) is 3.85. The minimum Gasteiger partial charge on any atom is -0.330 e. The van der Waals surface area contributed by atoms with E-state index < -0.39 is 0 Å². The predicted molar refractivity (Wildman–Crippen MR) is 67.9 cm³/mol. The number of carbonyl (C=O) groups excluding carboxylic acids is 1. The fourth-order valence-corrected chi connectivity index (χ4v) is 3.04. The summed E-state index contributed by atoms with van der Waals surface area (Å²) in [5.74, 6) is 1.10. The first-order valence-corrected chi connectivity index (χ1v) is 6.45. The van der Waals surface area contributed by atoms with Crippen molar-refractivity contribution in [1.82, 2.24) is 0 Å². The number of carbonyl (C=O) groups is 1. The third kappa shape index (κ3) is 2.08. The summed E-state index contributed by atoms with van der Waals surface area (Å²) in [6, 6.07) is 6.17. The maximum Gasteiger partial charge on any atom is 0.228 e. The van der Waals surface area contributed by atoms with Crippen LogP contribution in [0.15, 0.2) is 23.1 Å². The summed E-state index contributed by atoms with van der Waals surface area (Å²) >= 11 is 1.82. The van der Waals surface area contributed by atoms with E-state index in [1.54, 1.807) is 0 Å². The Kier molecular flexibility index (Phi) is 3.51. The number of rotatable bonds is 2. The zero-order valence-electron chi connectivity index (χ0n) is 9.40. The van der Waals surface area contributed by atoms with E-state index in [0.29, 0.717) is 13.0 Å². The van der Waals surface area contributed by atoms with Crippen LogP contribution in [0, 0.1) is 6.92 Å². The minimum absolute atomic E-state index is 0.137. The van der Waals surface area contributed by atoms with Crippen LogP contribution in [0.1, 0.15) is 12.0 Å². The molecule has 1 aromatic rings. The van der Waals surface area contributed by atoms with E-state index in [9.17, 15) is 4.79 Å². The third-order valence-corrected chi connectivity index (χ3v) is 3.73. The zero-order chi connectivity index (χ0) is 11.5. The van der Waals surface area contributed by atoms with Gasteiger partial charge < -0.3 is 10.6 Å². The molecule has 0 aliphatic carbocycles. The summed E-state index contributed by atoms with van der Waals surface area (Å²) in [4.78, 5) is 15.0. The number of benzene rings is 1. The van der Waals surface area contributed by atoms with Crippen LogP contribution in [0.2, 0.25) is 0 Å². The van der Waals surface area contributed by atoms with Gasteiger partial charge in [0.05, 0.1) is 5.69 Å². The highest BCUT2D eigenvalue weighted by Crippen LogP contribution is 2.37. The van der Waals surface area contributed by atoms with Crippen LogP contribution in [0.3, 0.4) is 0 Å². The van der Waals surface area contributed by atoms with Gasteiger partial charge in [0.15, 0.2) is 0 Å². The molecule has 1 aromatic carbocycles. The minimum atomic E-state index is 0.137. The van der Waals surface area contributed by atoms with Gasteiger partial charge in [-0.2, -0.15) is 0 Å². The van der Waals surface area contributed by atoms with Crippen molar-refractivity contribution in [3.63, 3.8) is 0 Å². The van der Waals surface area contributed by atoms with E-state index >= 15 is 0 Å². The molecular formula is C12H16N2OS. The Morgan fingerprint density at radius 2 is 2.38 bits per heavy atom. The van der Waals surface area contributed by atoms with Gasteiger partial charge in [0, 0.05) is 30.2 Å². The molecule has 16 heavy (non-hydrogen) atoms. The fourth-order valence-electron chi connectivity index (χ4n) is 1.96. The molecule has 1 heterocycles. The van der Waals surface area contributed by atoms with Crippen LogP contribution in [-0.2, 0) is 4.79 Å². The Morgan fingerprint density at radius 1 is 1.56 bits per heavy atom. The van der Waals surface area contributed by atoms with Crippen molar-refractivity contribution < 1.29 is 4.79 Å². The quantitative estimate of drug-likeness (QED) is 0.851. The lowest BCUT2D eigenvalue weighted by atomic mass is 10.1. The van der Waals surface area contributed by atoms with Gasteiger partial charge in [-0.05, 0) is 18.6 Å². The highest BCUT2D eigenvalue weighted by Gasteiger charge is 2.23. The van der Waals surface area contributed by atoms with Gasteiger partial charge >= 0.3 is 0 Å². The van der Waals surface area contributed by atoms with Crippen LogP contribution in [0.25, 0.3) is 0 Å². The molecule has 1 aliphatic heterocycles. The van der Waals surface area contributed by atoms with E-state index in [0.717, 1.165) is 23.5 Å². The molecule has 0 unspecified atom stereocenters. The largest absolute Gasteiger partial charge is 0.330 e. The first-order valence-electron chi connectivity index (χ1n) is 5.47. The van der Waals surface area contributed by atoms with Gasteiger partial charge in [-0.15, -0.1) is 11.8 Å². The number of nitrogens with zero attached hydrogens (tertiary/aromatic N) is 1. The third-order valence-electron chi connectivity index (χ3n) is 2.70. The Labute approximate surface area is 100.0 Å². The van der Waals surface area contributed by atoms with Crippen molar-refractivity contribution in [2.45, 2.75) is 18.2 Å². The monoisotopic (exact) mass is 236 g/mol. The van der Waals surface area contributed by atoms with E-state index in [-0.39, 0.29) is 5.91 Å². The molecule has 0 atom stereocenters. The summed E-state index contributed by atoms with van der Waals surface area (Å²) in [6.07, 6.45) is 0.429. The summed E-state index contributed by atoms with van der Waals surface area (Å²) in [5, 5.41) is 0. The number of fused-ring (bicyclic) bond motifs is 1. The summed E-state index contributed by atoms with van der Waals surface area (Å²) < 4.78 is 0. The summed E-state index contributed by atoms with van der Waals surface area (Å²) in [6.45, 7) is 3.26. The SMILES string of the molecule is Cc1cccc2c1N(C(=O)CCN)CCS2. The Hall–Kier alpha value is -1.000. The second-order valence-corrected chi connectivity index (χ2v) is 4.99. The van der Waals surface area contributed by atoms with Crippen LogP contribution in [0.4, 0.5) is 5.69 Å². The van der Waals surface area contributed by atoms with E-state index in [4.69, 9.17) is 5.73 Å². The average Bonchev–Trinajstić information content (AvgIpc) is 2.29.